The number of rotatable bonds is 3. The van der Waals surface area contributed by atoms with Crippen LogP contribution in [0.4, 0.5) is 0 Å². The van der Waals surface area contributed by atoms with Crippen molar-refractivity contribution in [1.82, 2.24) is 9.97 Å². The van der Waals surface area contributed by atoms with Crippen LogP contribution in [-0.2, 0) is 0 Å². The lowest BCUT2D eigenvalue weighted by atomic mass is 10.2. The van der Waals surface area contributed by atoms with Crippen molar-refractivity contribution in [3.05, 3.63) is 36.2 Å². The number of aliphatic imine (C=N–C) groups is 1. The predicted octanol–water partition coefficient (Wildman–Crippen LogP) is 2.71. The third-order valence-corrected chi connectivity index (χ3v) is 2.86. The molecular formula is C14H15N3O. The van der Waals surface area contributed by atoms with Crippen molar-refractivity contribution in [1.29, 1.82) is 0 Å². The zero-order chi connectivity index (χ0) is 12.4. The summed E-state index contributed by atoms with van der Waals surface area (Å²) < 4.78 is 5.48. The molecule has 1 aliphatic heterocycles. The van der Waals surface area contributed by atoms with Crippen LogP contribution in [0.2, 0.25) is 0 Å². The first-order valence-corrected chi connectivity index (χ1v) is 6.21. The standard InChI is InChI=1S/C14H15N3O/c1-2-18-10-6-7-11-13(9-10)17-14(16-11)12-5-3-4-8-15-12/h3,5-7,9H,2,4,8H2,1H3,(H,16,17). The molecule has 3 rings (SSSR count). The second-order valence-electron chi connectivity index (χ2n) is 4.16. The van der Waals surface area contributed by atoms with Gasteiger partial charge in [-0.1, -0.05) is 6.08 Å². The molecule has 2 heterocycles. The van der Waals surface area contributed by atoms with Crippen molar-refractivity contribution in [2.24, 2.45) is 4.99 Å². The van der Waals surface area contributed by atoms with Gasteiger partial charge in [0.05, 0.1) is 23.4 Å². The molecule has 92 valence electrons. The van der Waals surface area contributed by atoms with Crippen molar-refractivity contribution in [2.45, 2.75) is 13.3 Å². The first kappa shape index (κ1) is 11.0. The van der Waals surface area contributed by atoms with Gasteiger partial charge in [0.15, 0.2) is 5.82 Å². The number of ether oxygens (including phenoxy) is 1. The normalized spacial score (nSPS) is 14.8. The second-order valence-corrected chi connectivity index (χ2v) is 4.16. The predicted molar refractivity (Wildman–Crippen MR) is 72.4 cm³/mol. The Hall–Kier alpha value is -2.10. The number of hydrogen-bond acceptors (Lipinski definition) is 3. The van der Waals surface area contributed by atoms with E-state index in [9.17, 15) is 0 Å². The van der Waals surface area contributed by atoms with Crippen molar-refractivity contribution < 1.29 is 4.74 Å². The molecule has 2 aromatic rings. The lowest BCUT2D eigenvalue weighted by Gasteiger charge is -2.01. The van der Waals surface area contributed by atoms with Crippen molar-refractivity contribution in [3.63, 3.8) is 0 Å². The fourth-order valence-corrected chi connectivity index (χ4v) is 2.03. The molecule has 0 unspecified atom stereocenters. The summed E-state index contributed by atoms with van der Waals surface area (Å²) >= 11 is 0. The molecule has 0 saturated heterocycles. The Balaban J connectivity index is 2.00. The Morgan fingerprint density at radius 3 is 3.11 bits per heavy atom. The summed E-state index contributed by atoms with van der Waals surface area (Å²) in [5, 5.41) is 0. The summed E-state index contributed by atoms with van der Waals surface area (Å²) in [6.45, 7) is 3.49. The molecule has 0 atom stereocenters. The minimum absolute atomic E-state index is 0.669. The molecule has 0 aliphatic carbocycles. The fourth-order valence-electron chi connectivity index (χ4n) is 2.03. The maximum Gasteiger partial charge on any atom is 0.156 e. The van der Waals surface area contributed by atoms with Crippen LogP contribution in [-0.4, -0.2) is 28.8 Å². The molecule has 0 saturated carbocycles. The molecule has 4 heteroatoms. The van der Waals surface area contributed by atoms with Gasteiger partial charge < -0.3 is 9.72 Å². The maximum absolute atomic E-state index is 5.48. The summed E-state index contributed by atoms with van der Waals surface area (Å²) in [4.78, 5) is 12.3. The highest BCUT2D eigenvalue weighted by molar-refractivity contribution is 6.08. The van der Waals surface area contributed by atoms with E-state index in [1.807, 2.05) is 31.2 Å². The third-order valence-electron chi connectivity index (χ3n) is 2.86. The number of fused-ring (bicyclic) bond motifs is 1. The largest absolute Gasteiger partial charge is 0.494 e. The SMILES string of the molecule is CCOc1ccc2nc(C3=NCCC=C3)[nH]c2c1. The lowest BCUT2D eigenvalue weighted by Crippen LogP contribution is -2.04. The fraction of sp³-hybridized carbons (Fsp3) is 0.286. The molecule has 0 amide bonds. The minimum atomic E-state index is 0.669. The minimum Gasteiger partial charge on any atom is -0.494 e. The van der Waals surface area contributed by atoms with Gasteiger partial charge in [0.1, 0.15) is 5.75 Å². The molecule has 1 N–H and O–H groups in total. The molecule has 1 aromatic heterocycles. The van der Waals surface area contributed by atoms with Gasteiger partial charge >= 0.3 is 0 Å². The molecular weight excluding hydrogens is 226 g/mol. The third kappa shape index (κ3) is 2.01. The van der Waals surface area contributed by atoms with Crippen LogP contribution in [0.1, 0.15) is 19.2 Å². The lowest BCUT2D eigenvalue weighted by molar-refractivity contribution is 0.340. The van der Waals surface area contributed by atoms with Gasteiger partial charge in [-0.15, -0.1) is 0 Å². The zero-order valence-electron chi connectivity index (χ0n) is 10.3. The van der Waals surface area contributed by atoms with Crippen molar-refractivity contribution >= 4 is 16.7 Å². The number of imidazole rings is 1. The summed E-state index contributed by atoms with van der Waals surface area (Å²) in [5.74, 6) is 1.69. The highest BCUT2D eigenvalue weighted by Gasteiger charge is 2.09. The van der Waals surface area contributed by atoms with Crippen LogP contribution in [0.5, 0.6) is 5.75 Å². The zero-order valence-corrected chi connectivity index (χ0v) is 10.3. The molecule has 1 aromatic carbocycles. The van der Waals surface area contributed by atoms with E-state index < -0.39 is 0 Å². The Morgan fingerprint density at radius 1 is 1.39 bits per heavy atom. The maximum atomic E-state index is 5.48. The highest BCUT2D eigenvalue weighted by atomic mass is 16.5. The van der Waals surface area contributed by atoms with Crippen LogP contribution in [0.15, 0.2) is 35.3 Å². The Labute approximate surface area is 105 Å². The van der Waals surface area contributed by atoms with Crippen LogP contribution in [0.25, 0.3) is 11.0 Å². The number of hydrogen-bond donors (Lipinski definition) is 1. The topological polar surface area (TPSA) is 50.3 Å². The van der Waals surface area contributed by atoms with Gasteiger partial charge in [-0.05, 0) is 31.6 Å². The Bertz CT molecular complexity index is 625. The Kier molecular flexibility index (Phi) is 2.84. The van der Waals surface area contributed by atoms with Gasteiger partial charge in [0, 0.05) is 12.6 Å². The smallest absolute Gasteiger partial charge is 0.156 e. The van der Waals surface area contributed by atoms with E-state index >= 15 is 0 Å². The number of nitrogens with one attached hydrogen (secondary N) is 1. The molecule has 1 aliphatic rings. The average Bonchev–Trinajstić information content (AvgIpc) is 2.83. The Morgan fingerprint density at radius 2 is 2.33 bits per heavy atom. The van der Waals surface area contributed by atoms with Crippen molar-refractivity contribution in [2.75, 3.05) is 13.2 Å². The summed E-state index contributed by atoms with van der Waals surface area (Å²) in [7, 11) is 0. The number of aromatic amines is 1. The van der Waals surface area contributed by atoms with Crippen molar-refractivity contribution in [3.8, 4) is 5.75 Å². The van der Waals surface area contributed by atoms with Gasteiger partial charge in [0.2, 0.25) is 0 Å². The molecule has 0 spiro atoms. The number of nitrogens with zero attached hydrogens (tertiary/aromatic N) is 2. The van der Waals surface area contributed by atoms with Crippen LogP contribution >= 0.6 is 0 Å². The van der Waals surface area contributed by atoms with E-state index in [1.165, 1.54) is 0 Å². The molecule has 0 radical (unpaired) electrons. The van der Waals surface area contributed by atoms with E-state index in [1.54, 1.807) is 0 Å². The average molecular weight is 241 g/mol. The van der Waals surface area contributed by atoms with Gasteiger partial charge in [0.25, 0.3) is 0 Å². The van der Waals surface area contributed by atoms with Crippen LogP contribution in [0, 0.1) is 0 Å². The van der Waals surface area contributed by atoms with Gasteiger partial charge in [-0.25, -0.2) is 4.98 Å². The van der Waals surface area contributed by atoms with E-state index in [0.717, 1.165) is 41.3 Å². The number of dihydropyridines is 1. The highest BCUT2D eigenvalue weighted by Crippen LogP contribution is 2.19. The summed E-state index contributed by atoms with van der Waals surface area (Å²) in [6.07, 6.45) is 5.16. The number of aromatic nitrogens is 2. The quantitative estimate of drug-likeness (QED) is 0.898. The molecule has 4 nitrogen and oxygen atoms in total. The van der Waals surface area contributed by atoms with Gasteiger partial charge in [-0.2, -0.15) is 0 Å². The molecule has 0 fully saturated rings. The van der Waals surface area contributed by atoms with E-state index in [2.05, 4.69) is 21.0 Å². The molecule has 18 heavy (non-hydrogen) atoms. The first-order chi connectivity index (χ1) is 8.86. The van der Waals surface area contributed by atoms with Crippen LogP contribution < -0.4 is 4.74 Å². The summed E-state index contributed by atoms with van der Waals surface area (Å²) in [5.41, 5.74) is 2.85. The van der Waals surface area contributed by atoms with E-state index in [0.29, 0.717) is 6.61 Å². The van der Waals surface area contributed by atoms with Crippen LogP contribution in [0.3, 0.4) is 0 Å². The monoisotopic (exact) mass is 241 g/mol. The second kappa shape index (κ2) is 4.64. The van der Waals surface area contributed by atoms with Gasteiger partial charge in [-0.3, -0.25) is 4.99 Å². The molecule has 0 bridgehead atoms. The van der Waals surface area contributed by atoms with E-state index in [4.69, 9.17) is 4.74 Å². The van der Waals surface area contributed by atoms with E-state index in [-0.39, 0.29) is 0 Å². The summed E-state index contributed by atoms with van der Waals surface area (Å²) in [6, 6.07) is 5.88. The first-order valence-electron chi connectivity index (χ1n) is 6.21. The number of allylic oxidation sites excluding steroid dienone is 1. The number of benzene rings is 1. The number of H-pyrrole nitrogens is 1.